The Hall–Kier alpha value is -1.60. The van der Waals surface area contributed by atoms with E-state index in [0.717, 1.165) is 12.8 Å². The van der Waals surface area contributed by atoms with Crippen molar-refractivity contribution in [2.45, 2.75) is 24.7 Å². The molecular formula is C17H18Cl2N2O3S. The van der Waals surface area contributed by atoms with E-state index in [1.165, 1.54) is 36.4 Å². The molecule has 0 aliphatic rings. The number of unbranched alkanes of at least 4 members (excludes halogenated alkanes) is 1. The van der Waals surface area contributed by atoms with Crippen LogP contribution in [0.2, 0.25) is 10.0 Å². The molecular weight excluding hydrogens is 383 g/mol. The molecule has 2 aromatic carbocycles. The average Bonchev–Trinajstić information content (AvgIpc) is 2.57. The van der Waals surface area contributed by atoms with E-state index in [1.807, 2.05) is 6.92 Å². The molecule has 134 valence electrons. The molecule has 0 spiro atoms. The summed E-state index contributed by atoms with van der Waals surface area (Å²) >= 11 is 11.9. The van der Waals surface area contributed by atoms with Gasteiger partial charge in [-0.1, -0.05) is 36.5 Å². The molecule has 0 aliphatic carbocycles. The number of anilines is 1. The van der Waals surface area contributed by atoms with E-state index < -0.39 is 15.9 Å². The van der Waals surface area contributed by atoms with Gasteiger partial charge >= 0.3 is 0 Å². The summed E-state index contributed by atoms with van der Waals surface area (Å²) in [6.45, 7) is 2.38. The molecule has 2 aromatic rings. The molecule has 25 heavy (non-hydrogen) atoms. The normalized spacial score (nSPS) is 11.3. The number of carbonyl (C=O) groups is 1. The van der Waals surface area contributed by atoms with Gasteiger partial charge in [0.25, 0.3) is 5.91 Å². The molecule has 0 aromatic heterocycles. The Balaban J connectivity index is 2.10. The number of nitrogens with one attached hydrogen (secondary N) is 2. The predicted molar refractivity (Wildman–Crippen MR) is 101 cm³/mol. The van der Waals surface area contributed by atoms with Crippen molar-refractivity contribution in [2.75, 3.05) is 11.9 Å². The molecule has 8 heteroatoms. The molecule has 2 N–H and O–H groups in total. The average molecular weight is 401 g/mol. The Morgan fingerprint density at radius 2 is 1.76 bits per heavy atom. The Kier molecular flexibility index (Phi) is 6.84. The summed E-state index contributed by atoms with van der Waals surface area (Å²) in [6, 6.07) is 10.5. The molecule has 0 heterocycles. The van der Waals surface area contributed by atoms with Crippen LogP contribution in [-0.2, 0) is 10.0 Å². The Morgan fingerprint density at radius 1 is 1.08 bits per heavy atom. The van der Waals surface area contributed by atoms with Gasteiger partial charge in [-0.05, 0) is 48.9 Å². The zero-order chi connectivity index (χ0) is 18.4. The van der Waals surface area contributed by atoms with Gasteiger partial charge in [-0.25, -0.2) is 13.1 Å². The van der Waals surface area contributed by atoms with E-state index in [9.17, 15) is 13.2 Å². The number of benzene rings is 2. The second-order valence-corrected chi connectivity index (χ2v) is 7.96. The third-order valence-electron chi connectivity index (χ3n) is 3.42. The molecule has 0 aliphatic heterocycles. The smallest absolute Gasteiger partial charge is 0.257 e. The fraction of sp³-hybridized carbons (Fsp3) is 0.235. The molecule has 0 atom stereocenters. The van der Waals surface area contributed by atoms with Crippen molar-refractivity contribution in [1.82, 2.24) is 4.72 Å². The second-order valence-electron chi connectivity index (χ2n) is 5.35. The molecule has 1 amide bonds. The van der Waals surface area contributed by atoms with Crippen molar-refractivity contribution in [2.24, 2.45) is 0 Å². The number of amides is 1. The number of hydrogen-bond acceptors (Lipinski definition) is 3. The van der Waals surface area contributed by atoms with Gasteiger partial charge in [0, 0.05) is 17.3 Å². The molecule has 0 saturated heterocycles. The molecule has 0 unspecified atom stereocenters. The fourth-order valence-electron chi connectivity index (χ4n) is 2.05. The maximum Gasteiger partial charge on any atom is 0.257 e. The van der Waals surface area contributed by atoms with Crippen LogP contribution in [-0.4, -0.2) is 20.9 Å². The Morgan fingerprint density at radius 3 is 2.40 bits per heavy atom. The van der Waals surface area contributed by atoms with Crippen molar-refractivity contribution in [3.05, 3.63) is 58.1 Å². The summed E-state index contributed by atoms with van der Waals surface area (Å²) in [5.74, 6) is -0.427. The van der Waals surface area contributed by atoms with Crippen molar-refractivity contribution >= 4 is 44.8 Å². The first-order chi connectivity index (χ1) is 11.8. The van der Waals surface area contributed by atoms with Crippen molar-refractivity contribution in [3.8, 4) is 0 Å². The first-order valence-electron chi connectivity index (χ1n) is 7.69. The third kappa shape index (κ3) is 5.44. The first-order valence-corrected chi connectivity index (χ1v) is 9.93. The quantitative estimate of drug-likeness (QED) is 0.679. The summed E-state index contributed by atoms with van der Waals surface area (Å²) in [7, 11) is -3.54. The van der Waals surface area contributed by atoms with Crippen LogP contribution in [0.25, 0.3) is 0 Å². The van der Waals surface area contributed by atoms with Crippen LogP contribution in [0.5, 0.6) is 0 Å². The highest BCUT2D eigenvalue weighted by Gasteiger charge is 2.14. The molecule has 0 bridgehead atoms. The summed E-state index contributed by atoms with van der Waals surface area (Å²) in [4.78, 5) is 12.4. The zero-order valence-corrected chi connectivity index (χ0v) is 15.9. The summed E-state index contributed by atoms with van der Waals surface area (Å²) < 4.78 is 26.8. The maximum absolute atomic E-state index is 12.3. The summed E-state index contributed by atoms with van der Waals surface area (Å²) in [5.41, 5.74) is 0.695. The Bertz CT molecular complexity index is 853. The number of carbonyl (C=O) groups excluding carboxylic acids is 1. The van der Waals surface area contributed by atoms with Crippen LogP contribution in [0.3, 0.4) is 0 Å². The van der Waals surface area contributed by atoms with Crippen LogP contribution in [0, 0.1) is 0 Å². The summed E-state index contributed by atoms with van der Waals surface area (Å²) in [6.07, 6.45) is 1.67. The fourth-order valence-corrected chi connectivity index (χ4v) is 3.50. The van der Waals surface area contributed by atoms with Crippen LogP contribution in [0.1, 0.15) is 30.1 Å². The number of hydrogen-bond donors (Lipinski definition) is 2. The minimum atomic E-state index is -3.54. The molecule has 2 rings (SSSR count). The van der Waals surface area contributed by atoms with E-state index in [4.69, 9.17) is 23.2 Å². The topological polar surface area (TPSA) is 75.3 Å². The highest BCUT2D eigenvalue weighted by atomic mass is 35.5. The highest BCUT2D eigenvalue weighted by molar-refractivity contribution is 7.89. The molecule has 0 saturated carbocycles. The van der Waals surface area contributed by atoms with Gasteiger partial charge in [0.2, 0.25) is 10.0 Å². The SMILES string of the molecule is CCCCNS(=O)(=O)c1ccc(NC(=O)c2cc(Cl)ccc2Cl)cc1. The standard InChI is InChI=1S/C17H18Cl2N2O3S/c1-2-3-10-20-25(23,24)14-7-5-13(6-8-14)21-17(22)15-11-12(18)4-9-16(15)19/h4-9,11,20H,2-3,10H2,1H3,(H,21,22). The van der Waals surface area contributed by atoms with E-state index in [1.54, 1.807) is 6.07 Å². The molecule has 0 fully saturated rings. The lowest BCUT2D eigenvalue weighted by molar-refractivity contribution is 0.102. The maximum atomic E-state index is 12.3. The van der Waals surface area contributed by atoms with Gasteiger partial charge < -0.3 is 5.32 Å². The van der Waals surface area contributed by atoms with Crippen molar-refractivity contribution < 1.29 is 13.2 Å². The third-order valence-corrected chi connectivity index (χ3v) is 5.46. The molecule has 0 radical (unpaired) electrons. The Labute approximate surface area is 157 Å². The largest absolute Gasteiger partial charge is 0.322 e. The van der Waals surface area contributed by atoms with E-state index in [-0.39, 0.29) is 15.5 Å². The lowest BCUT2D eigenvalue weighted by Crippen LogP contribution is -2.24. The van der Waals surface area contributed by atoms with Gasteiger partial charge in [0.05, 0.1) is 15.5 Å². The van der Waals surface area contributed by atoms with Crippen molar-refractivity contribution in [1.29, 1.82) is 0 Å². The molecule has 5 nitrogen and oxygen atoms in total. The van der Waals surface area contributed by atoms with Crippen LogP contribution >= 0.6 is 23.2 Å². The van der Waals surface area contributed by atoms with E-state index >= 15 is 0 Å². The monoisotopic (exact) mass is 400 g/mol. The van der Waals surface area contributed by atoms with E-state index in [0.29, 0.717) is 17.3 Å². The lowest BCUT2D eigenvalue weighted by atomic mass is 10.2. The number of rotatable bonds is 7. The van der Waals surface area contributed by atoms with Gasteiger partial charge in [-0.2, -0.15) is 0 Å². The van der Waals surface area contributed by atoms with Crippen LogP contribution in [0.4, 0.5) is 5.69 Å². The van der Waals surface area contributed by atoms with Gasteiger partial charge in [0.1, 0.15) is 0 Å². The van der Waals surface area contributed by atoms with Gasteiger partial charge in [-0.15, -0.1) is 0 Å². The number of sulfonamides is 1. The summed E-state index contributed by atoms with van der Waals surface area (Å²) in [5, 5.41) is 3.34. The zero-order valence-electron chi connectivity index (χ0n) is 13.6. The van der Waals surface area contributed by atoms with Crippen LogP contribution < -0.4 is 10.0 Å². The highest BCUT2D eigenvalue weighted by Crippen LogP contribution is 2.22. The predicted octanol–water partition coefficient (Wildman–Crippen LogP) is 4.32. The second kappa shape index (κ2) is 8.67. The minimum Gasteiger partial charge on any atom is -0.322 e. The number of halogens is 2. The first kappa shape index (κ1) is 19.7. The van der Waals surface area contributed by atoms with Crippen molar-refractivity contribution in [3.63, 3.8) is 0 Å². The van der Waals surface area contributed by atoms with Gasteiger partial charge in [-0.3, -0.25) is 4.79 Å². The minimum absolute atomic E-state index is 0.141. The van der Waals surface area contributed by atoms with Gasteiger partial charge in [0.15, 0.2) is 0 Å². The lowest BCUT2D eigenvalue weighted by Gasteiger charge is -2.09. The van der Waals surface area contributed by atoms with E-state index in [2.05, 4.69) is 10.0 Å². The van der Waals surface area contributed by atoms with Crippen LogP contribution in [0.15, 0.2) is 47.4 Å².